The van der Waals surface area contributed by atoms with E-state index >= 15 is 0 Å². The molecular formula is C5H5N5. The zero-order chi connectivity index (χ0) is 6.97. The summed E-state index contributed by atoms with van der Waals surface area (Å²) in [6, 6.07) is 3.44. The van der Waals surface area contributed by atoms with Crippen LogP contribution in [-0.4, -0.2) is 19.8 Å². The highest BCUT2D eigenvalue weighted by Crippen LogP contribution is 1.97. The van der Waals surface area contributed by atoms with Crippen molar-refractivity contribution in [3.63, 3.8) is 0 Å². The number of hydrogen-bond acceptors (Lipinski definition) is 4. The van der Waals surface area contributed by atoms with E-state index in [-0.39, 0.29) is 0 Å². The molecule has 0 aliphatic carbocycles. The zero-order valence-electron chi connectivity index (χ0n) is 5.10. The van der Waals surface area contributed by atoms with Crippen LogP contribution in [0.5, 0.6) is 0 Å². The van der Waals surface area contributed by atoms with Crippen LogP contribution in [0.15, 0.2) is 18.5 Å². The number of nitrogen functional groups attached to an aromatic ring is 1. The van der Waals surface area contributed by atoms with Gasteiger partial charge in [-0.3, -0.25) is 0 Å². The van der Waals surface area contributed by atoms with Crippen LogP contribution >= 0.6 is 0 Å². The van der Waals surface area contributed by atoms with Crippen LogP contribution in [-0.2, 0) is 0 Å². The highest BCUT2D eigenvalue weighted by Gasteiger charge is 1.93. The number of aromatic nitrogens is 4. The molecule has 0 aliphatic heterocycles. The second-order valence-electron chi connectivity index (χ2n) is 1.87. The lowest BCUT2D eigenvalue weighted by Crippen LogP contribution is -1.97. The molecule has 0 aliphatic rings. The minimum absolute atomic E-state index is 0.443. The summed E-state index contributed by atoms with van der Waals surface area (Å²) in [5.41, 5.74) is 6.09. The summed E-state index contributed by atoms with van der Waals surface area (Å²) in [6.45, 7) is 0. The molecule has 0 saturated carbocycles. The Balaban J connectivity index is 2.86. The van der Waals surface area contributed by atoms with Crippen LogP contribution in [0.3, 0.4) is 0 Å². The van der Waals surface area contributed by atoms with Gasteiger partial charge in [0.2, 0.25) is 0 Å². The third-order valence-corrected chi connectivity index (χ3v) is 1.17. The van der Waals surface area contributed by atoms with Gasteiger partial charge in [0, 0.05) is 0 Å². The van der Waals surface area contributed by atoms with E-state index in [1.165, 1.54) is 11.0 Å². The molecule has 0 amide bonds. The van der Waals surface area contributed by atoms with Crippen LogP contribution in [0.2, 0.25) is 0 Å². The Morgan fingerprint density at radius 3 is 3.20 bits per heavy atom. The average molecular weight is 135 g/mol. The fourth-order valence-corrected chi connectivity index (χ4v) is 0.734. The third kappa shape index (κ3) is 0.604. The first-order chi connectivity index (χ1) is 4.86. The van der Waals surface area contributed by atoms with Gasteiger partial charge in [0.25, 0.3) is 0 Å². The molecule has 2 rings (SSSR count). The van der Waals surface area contributed by atoms with Crippen molar-refractivity contribution in [1.82, 2.24) is 19.8 Å². The minimum Gasteiger partial charge on any atom is -0.382 e. The van der Waals surface area contributed by atoms with Gasteiger partial charge in [-0.1, -0.05) is 0 Å². The summed E-state index contributed by atoms with van der Waals surface area (Å²) in [6.07, 6.45) is 1.43. The van der Waals surface area contributed by atoms with Gasteiger partial charge in [-0.2, -0.15) is 0 Å². The van der Waals surface area contributed by atoms with Crippen molar-refractivity contribution >= 4 is 11.5 Å². The Labute approximate surface area is 56.5 Å². The molecule has 0 radical (unpaired) electrons. The van der Waals surface area contributed by atoms with Crippen molar-refractivity contribution in [2.24, 2.45) is 0 Å². The smallest absolute Gasteiger partial charge is 0.176 e. The Morgan fingerprint density at radius 1 is 1.40 bits per heavy atom. The number of fused-ring (bicyclic) bond motifs is 1. The van der Waals surface area contributed by atoms with Crippen molar-refractivity contribution < 1.29 is 0 Å². The van der Waals surface area contributed by atoms with Crippen LogP contribution < -0.4 is 5.73 Å². The number of rotatable bonds is 0. The predicted molar refractivity (Wildman–Crippen MR) is 35.2 cm³/mol. The Morgan fingerprint density at radius 2 is 2.30 bits per heavy atom. The molecule has 0 atom stereocenters. The fourth-order valence-electron chi connectivity index (χ4n) is 0.734. The molecule has 2 aromatic rings. The maximum absolute atomic E-state index is 5.38. The summed E-state index contributed by atoms with van der Waals surface area (Å²) in [4.78, 5) is 3.89. The molecule has 0 fully saturated rings. The SMILES string of the molecule is Nc1ccc2ncnn2n1. The topological polar surface area (TPSA) is 69.1 Å². The molecule has 0 bridgehead atoms. The summed E-state index contributed by atoms with van der Waals surface area (Å²) in [7, 11) is 0. The lowest BCUT2D eigenvalue weighted by atomic mass is 10.5. The van der Waals surface area contributed by atoms with E-state index in [1.54, 1.807) is 12.1 Å². The lowest BCUT2D eigenvalue weighted by Gasteiger charge is -1.89. The van der Waals surface area contributed by atoms with Crippen molar-refractivity contribution in [3.8, 4) is 0 Å². The van der Waals surface area contributed by atoms with Gasteiger partial charge in [-0.05, 0) is 12.1 Å². The lowest BCUT2D eigenvalue weighted by molar-refractivity contribution is 0.806. The quantitative estimate of drug-likeness (QED) is 0.538. The molecule has 2 heterocycles. The van der Waals surface area contributed by atoms with Crippen molar-refractivity contribution in [3.05, 3.63) is 18.5 Å². The van der Waals surface area contributed by atoms with Crippen LogP contribution in [0.25, 0.3) is 5.65 Å². The maximum Gasteiger partial charge on any atom is 0.176 e. The van der Waals surface area contributed by atoms with Crippen LogP contribution in [0.4, 0.5) is 5.82 Å². The van der Waals surface area contributed by atoms with Crippen molar-refractivity contribution in [2.45, 2.75) is 0 Å². The monoisotopic (exact) mass is 135 g/mol. The van der Waals surface area contributed by atoms with Crippen molar-refractivity contribution in [2.75, 3.05) is 5.73 Å². The number of hydrogen-bond donors (Lipinski definition) is 1. The summed E-state index contributed by atoms with van der Waals surface area (Å²) >= 11 is 0. The molecule has 0 unspecified atom stereocenters. The van der Waals surface area contributed by atoms with Crippen LogP contribution in [0.1, 0.15) is 0 Å². The Bertz CT molecular complexity index is 352. The summed E-state index contributed by atoms with van der Waals surface area (Å²) in [5.74, 6) is 0.443. The normalized spacial score (nSPS) is 10.4. The largest absolute Gasteiger partial charge is 0.382 e. The van der Waals surface area contributed by atoms with Gasteiger partial charge in [-0.25, -0.2) is 4.98 Å². The van der Waals surface area contributed by atoms with Crippen LogP contribution in [0, 0.1) is 0 Å². The average Bonchev–Trinajstić information content (AvgIpc) is 2.33. The van der Waals surface area contributed by atoms with Gasteiger partial charge < -0.3 is 5.73 Å². The Hall–Kier alpha value is -1.65. The highest BCUT2D eigenvalue weighted by atomic mass is 15.4. The number of nitrogens with zero attached hydrogens (tertiary/aromatic N) is 4. The first-order valence-electron chi connectivity index (χ1n) is 2.79. The van der Waals surface area contributed by atoms with Gasteiger partial charge in [0.1, 0.15) is 12.1 Å². The predicted octanol–water partition coefficient (Wildman–Crippen LogP) is -0.294. The molecule has 0 aromatic carbocycles. The molecule has 0 spiro atoms. The second-order valence-corrected chi connectivity index (χ2v) is 1.87. The van der Waals surface area contributed by atoms with Gasteiger partial charge in [0.15, 0.2) is 5.65 Å². The van der Waals surface area contributed by atoms with E-state index in [1.807, 2.05) is 0 Å². The molecule has 5 heteroatoms. The van der Waals surface area contributed by atoms with E-state index in [9.17, 15) is 0 Å². The van der Waals surface area contributed by atoms with Gasteiger partial charge >= 0.3 is 0 Å². The summed E-state index contributed by atoms with van der Waals surface area (Å²) in [5, 5.41) is 7.65. The molecule has 2 aromatic heterocycles. The second kappa shape index (κ2) is 1.66. The molecule has 0 saturated heterocycles. The van der Waals surface area contributed by atoms with Gasteiger partial charge in [-0.15, -0.1) is 14.8 Å². The molecular weight excluding hydrogens is 130 g/mol. The fraction of sp³-hybridized carbons (Fsp3) is 0. The summed E-state index contributed by atoms with van der Waals surface area (Å²) < 4.78 is 1.38. The Kier molecular flexibility index (Phi) is 0.858. The molecule has 5 nitrogen and oxygen atoms in total. The first-order valence-corrected chi connectivity index (χ1v) is 2.79. The van der Waals surface area contributed by atoms with Gasteiger partial charge in [0.05, 0.1) is 0 Å². The standard InChI is InChI=1S/C5H5N5/c6-4-1-2-5-7-3-8-10(5)9-4/h1-3H,(H2,6,9). The van der Waals surface area contributed by atoms with E-state index in [0.717, 1.165) is 0 Å². The van der Waals surface area contributed by atoms with E-state index in [2.05, 4.69) is 15.2 Å². The maximum atomic E-state index is 5.38. The van der Waals surface area contributed by atoms with E-state index in [4.69, 9.17) is 5.73 Å². The third-order valence-electron chi connectivity index (χ3n) is 1.17. The number of anilines is 1. The molecule has 10 heavy (non-hydrogen) atoms. The first kappa shape index (κ1) is 5.16. The van der Waals surface area contributed by atoms with E-state index < -0.39 is 0 Å². The molecule has 2 N–H and O–H groups in total. The van der Waals surface area contributed by atoms with E-state index in [0.29, 0.717) is 11.5 Å². The zero-order valence-corrected chi connectivity index (χ0v) is 5.10. The number of nitrogens with two attached hydrogens (primary N) is 1. The molecule has 50 valence electrons. The highest BCUT2D eigenvalue weighted by molar-refractivity contribution is 5.39. The minimum atomic E-state index is 0.443. The van der Waals surface area contributed by atoms with Crippen molar-refractivity contribution in [1.29, 1.82) is 0 Å².